The number of carbonyl (C=O) groups is 1. The molecule has 1 aromatic heterocycles. The number of hydrogen-bond donors (Lipinski definition) is 1. The number of amides is 1. The van der Waals surface area contributed by atoms with Crippen molar-refractivity contribution in [1.29, 1.82) is 0 Å². The van der Waals surface area contributed by atoms with Gasteiger partial charge in [0.1, 0.15) is 23.4 Å². The van der Waals surface area contributed by atoms with Crippen molar-refractivity contribution in [2.45, 2.75) is 44.1 Å². The minimum Gasteiger partial charge on any atom is -0.497 e. The summed E-state index contributed by atoms with van der Waals surface area (Å²) in [5, 5.41) is 3.16. The van der Waals surface area contributed by atoms with E-state index in [1.54, 1.807) is 20.4 Å². The molecule has 32 heavy (non-hydrogen) atoms. The van der Waals surface area contributed by atoms with Crippen molar-refractivity contribution in [1.82, 2.24) is 14.9 Å². The normalized spacial score (nSPS) is 15.2. The molecule has 1 amide bonds. The largest absolute Gasteiger partial charge is 0.497 e. The second-order valence-corrected chi connectivity index (χ2v) is 8.41. The van der Waals surface area contributed by atoms with Gasteiger partial charge in [0.15, 0.2) is 0 Å². The van der Waals surface area contributed by atoms with Crippen LogP contribution in [-0.4, -0.2) is 29.7 Å². The lowest BCUT2D eigenvalue weighted by Crippen LogP contribution is -2.31. The molecule has 1 aliphatic carbocycles. The van der Waals surface area contributed by atoms with Crippen LogP contribution in [0.1, 0.15) is 71.4 Å². The van der Waals surface area contributed by atoms with E-state index in [4.69, 9.17) is 9.47 Å². The number of carbonyl (C=O) groups excluding carboxylic acids is 1. The van der Waals surface area contributed by atoms with Crippen LogP contribution < -0.4 is 14.8 Å². The first kappa shape index (κ1) is 21.9. The number of aromatic nitrogens is 2. The highest BCUT2D eigenvalue weighted by Gasteiger charge is 2.23. The van der Waals surface area contributed by atoms with Crippen LogP contribution in [0.4, 0.5) is 0 Å². The predicted octanol–water partition coefficient (Wildman–Crippen LogP) is 5.00. The third-order valence-corrected chi connectivity index (χ3v) is 6.35. The van der Waals surface area contributed by atoms with E-state index in [2.05, 4.69) is 22.4 Å². The number of nitrogens with one attached hydrogen (secondary N) is 1. The van der Waals surface area contributed by atoms with Gasteiger partial charge >= 0.3 is 0 Å². The van der Waals surface area contributed by atoms with E-state index < -0.39 is 6.04 Å². The zero-order valence-corrected chi connectivity index (χ0v) is 19.0. The van der Waals surface area contributed by atoms with Crippen molar-refractivity contribution in [2.75, 3.05) is 14.2 Å². The number of ether oxygens (including phenoxy) is 2. The number of benzene rings is 2. The Morgan fingerprint density at radius 1 is 1.03 bits per heavy atom. The lowest BCUT2D eigenvalue weighted by atomic mass is 9.84. The molecule has 1 N–H and O–H groups in total. The summed E-state index contributed by atoms with van der Waals surface area (Å²) in [5.41, 5.74) is 2.81. The smallest absolute Gasteiger partial charge is 0.252 e. The number of nitrogens with zero attached hydrogens (tertiary/aromatic N) is 2. The van der Waals surface area contributed by atoms with Crippen molar-refractivity contribution >= 4 is 5.91 Å². The van der Waals surface area contributed by atoms with Crippen molar-refractivity contribution < 1.29 is 14.3 Å². The minimum absolute atomic E-state index is 0.144. The van der Waals surface area contributed by atoms with Crippen LogP contribution in [0.15, 0.2) is 54.9 Å². The number of rotatable bonds is 7. The van der Waals surface area contributed by atoms with Gasteiger partial charge in [-0.25, -0.2) is 4.98 Å². The van der Waals surface area contributed by atoms with Gasteiger partial charge in [-0.3, -0.25) is 4.79 Å². The molecule has 1 heterocycles. The molecular formula is C26H31N3O3. The fourth-order valence-corrected chi connectivity index (χ4v) is 4.51. The first-order valence-corrected chi connectivity index (χ1v) is 11.2. The van der Waals surface area contributed by atoms with Crippen molar-refractivity contribution in [3.8, 4) is 11.5 Å². The topological polar surface area (TPSA) is 65.4 Å². The summed E-state index contributed by atoms with van der Waals surface area (Å²) in [6.07, 6.45) is 10.00. The van der Waals surface area contributed by atoms with Crippen LogP contribution in [0, 0.1) is 0 Å². The summed E-state index contributed by atoms with van der Waals surface area (Å²) in [6.45, 7) is 0. The van der Waals surface area contributed by atoms with Crippen LogP contribution in [0.5, 0.6) is 11.5 Å². The van der Waals surface area contributed by atoms with E-state index in [0.29, 0.717) is 23.0 Å². The molecule has 168 valence electrons. The molecule has 1 aliphatic rings. The molecule has 6 nitrogen and oxygen atoms in total. The van der Waals surface area contributed by atoms with Gasteiger partial charge in [-0.15, -0.1) is 0 Å². The number of aryl methyl sites for hydroxylation is 1. The standard InChI is InChI=1S/C26H31N3O3/c1-29-14-13-27-25(29)24(21-15-22(31-2)17-23(16-21)32-3)28-26(30)20-11-9-19(10-12-20)18-7-5-4-6-8-18/h9-18,24H,4-8H2,1-3H3,(H,28,30). The molecule has 6 heteroatoms. The fraction of sp³-hybridized carbons (Fsp3) is 0.385. The molecule has 1 saturated carbocycles. The van der Waals surface area contributed by atoms with Gasteiger partial charge in [0.05, 0.1) is 14.2 Å². The Kier molecular flexibility index (Phi) is 6.78. The predicted molar refractivity (Wildman–Crippen MR) is 124 cm³/mol. The Hall–Kier alpha value is -3.28. The van der Waals surface area contributed by atoms with Crippen LogP contribution in [0.2, 0.25) is 0 Å². The van der Waals surface area contributed by atoms with E-state index in [9.17, 15) is 4.79 Å². The fourth-order valence-electron chi connectivity index (χ4n) is 4.51. The summed E-state index contributed by atoms with van der Waals surface area (Å²) < 4.78 is 12.8. The maximum atomic E-state index is 13.2. The molecule has 4 rings (SSSR count). The molecule has 0 bridgehead atoms. The van der Waals surface area contributed by atoms with Crippen LogP contribution >= 0.6 is 0 Å². The first-order chi connectivity index (χ1) is 15.6. The van der Waals surface area contributed by atoms with Crippen LogP contribution in [0.25, 0.3) is 0 Å². The molecule has 0 radical (unpaired) electrons. The summed E-state index contributed by atoms with van der Waals surface area (Å²) >= 11 is 0. The number of methoxy groups -OCH3 is 2. The van der Waals surface area contributed by atoms with Gasteiger partial charge in [0.2, 0.25) is 0 Å². The second kappa shape index (κ2) is 9.90. The summed E-state index contributed by atoms with van der Waals surface area (Å²) in [5.74, 6) is 2.52. The van der Waals surface area contributed by atoms with Gasteiger partial charge in [-0.05, 0) is 54.2 Å². The molecule has 0 saturated heterocycles. The lowest BCUT2D eigenvalue weighted by Gasteiger charge is -2.22. The molecule has 1 fully saturated rings. The molecule has 1 atom stereocenters. The molecule has 3 aromatic rings. The Morgan fingerprint density at radius 2 is 1.69 bits per heavy atom. The van der Waals surface area contributed by atoms with Crippen LogP contribution in [-0.2, 0) is 7.05 Å². The van der Waals surface area contributed by atoms with E-state index >= 15 is 0 Å². The van der Waals surface area contributed by atoms with E-state index in [1.807, 2.05) is 48.1 Å². The van der Waals surface area contributed by atoms with Crippen molar-refractivity contribution in [3.05, 3.63) is 77.4 Å². The van der Waals surface area contributed by atoms with Gasteiger partial charge in [0.25, 0.3) is 5.91 Å². The highest BCUT2D eigenvalue weighted by Crippen LogP contribution is 2.33. The Labute approximate surface area is 189 Å². The highest BCUT2D eigenvalue weighted by molar-refractivity contribution is 5.94. The van der Waals surface area contributed by atoms with E-state index in [1.165, 1.54) is 37.7 Å². The molecule has 0 aliphatic heterocycles. The minimum atomic E-state index is -0.454. The number of imidazole rings is 1. The third-order valence-electron chi connectivity index (χ3n) is 6.35. The third kappa shape index (κ3) is 4.79. The van der Waals surface area contributed by atoms with Gasteiger partial charge in [-0.1, -0.05) is 31.4 Å². The zero-order chi connectivity index (χ0) is 22.5. The molecular weight excluding hydrogens is 402 g/mol. The quantitative estimate of drug-likeness (QED) is 0.569. The average molecular weight is 434 g/mol. The van der Waals surface area contributed by atoms with Gasteiger partial charge in [0, 0.05) is 31.1 Å². The Morgan fingerprint density at radius 3 is 2.25 bits per heavy atom. The highest BCUT2D eigenvalue weighted by atomic mass is 16.5. The average Bonchev–Trinajstić information content (AvgIpc) is 3.28. The lowest BCUT2D eigenvalue weighted by molar-refractivity contribution is 0.0941. The Balaban J connectivity index is 1.60. The summed E-state index contributed by atoms with van der Waals surface area (Å²) in [7, 11) is 5.14. The summed E-state index contributed by atoms with van der Waals surface area (Å²) in [4.78, 5) is 17.7. The van der Waals surface area contributed by atoms with Gasteiger partial charge in [-0.2, -0.15) is 0 Å². The summed E-state index contributed by atoms with van der Waals surface area (Å²) in [6, 6.07) is 13.2. The molecule has 0 spiro atoms. The Bertz CT molecular complexity index is 1030. The molecule has 2 aromatic carbocycles. The van der Waals surface area contributed by atoms with Crippen LogP contribution in [0.3, 0.4) is 0 Å². The molecule has 1 unspecified atom stereocenters. The van der Waals surface area contributed by atoms with Gasteiger partial charge < -0.3 is 19.4 Å². The SMILES string of the molecule is COc1cc(OC)cc(C(NC(=O)c2ccc(C3CCCCC3)cc2)c2nccn2C)c1. The van der Waals surface area contributed by atoms with E-state index in [-0.39, 0.29) is 5.91 Å². The maximum absolute atomic E-state index is 13.2. The maximum Gasteiger partial charge on any atom is 0.252 e. The van der Waals surface area contributed by atoms with E-state index in [0.717, 1.165) is 11.4 Å². The second-order valence-electron chi connectivity index (χ2n) is 8.41. The first-order valence-electron chi connectivity index (χ1n) is 11.2. The van der Waals surface area contributed by atoms with Crippen molar-refractivity contribution in [2.24, 2.45) is 7.05 Å². The monoisotopic (exact) mass is 433 g/mol. The zero-order valence-electron chi connectivity index (χ0n) is 19.0. The number of hydrogen-bond acceptors (Lipinski definition) is 4. The van der Waals surface area contributed by atoms with Crippen molar-refractivity contribution in [3.63, 3.8) is 0 Å².